The van der Waals surface area contributed by atoms with Crippen molar-refractivity contribution in [3.8, 4) is 11.4 Å². The Kier molecular flexibility index (Phi) is 5.98. The minimum atomic E-state index is -0.445. The maximum absolute atomic E-state index is 13.4. The molecule has 2 aromatic carbocycles. The molecule has 4 aromatic rings. The summed E-state index contributed by atoms with van der Waals surface area (Å²) in [6.07, 6.45) is 0.929. The van der Waals surface area contributed by atoms with Crippen LogP contribution in [-0.4, -0.2) is 21.1 Å². The molecule has 1 unspecified atom stereocenters. The Morgan fingerprint density at radius 3 is 2.56 bits per heavy atom. The molecule has 172 valence electrons. The van der Waals surface area contributed by atoms with Crippen molar-refractivity contribution < 1.29 is 13.7 Å². The van der Waals surface area contributed by atoms with Crippen LogP contribution in [0.2, 0.25) is 0 Å². The monoisotopic (exact) mass is 474 g/mol. The van der Waals surface area contributed by atoms with Crippen LogP contribution >= 0.6 is 11.3 Å². The summed E-state index contributed by atoms with van der Waals surface area (Å²) in [5.41, 5.74) is 4.27. The smallest absolute Gasteiger partial charge is 0.322 e. The number of nitrogens with zero attached hydrogens (tertiary/aromatic N) is 3. The Hall–Kier alpha value is -3.78. The molecule has 2 aromatic heterocycles. The van der Waals surface area contributed by atoms with Crippen molar-refractivity contribution >= 4 is 22.9 Å². The van der Waals surface area contributed by atoms with Crippen molar-refractivity contribution in [3.63, 3.8) is 0 Å². The number of carbonyl (C=O) groups is 1. The van der Waals surface area contributed by atoms with Gasteiger partial charge >= 0.3 is 6.03 Å². The molecule has 1 aliphatic heterocycles. The molecule has 0 saturated heterocycles. The number of hydrogen-bond acceptors (Lipinski definition) is 5. The van der Waals surface area contributed by atoms with Crippen LogP contribution in [0.5, 0.6) is 0 Å². The van der Waals surface area contributed by atoms with Crippen LogP contribution in [0.4, 0.5) is 9.18 Å². The first-order valence-corrected chi connectivity index (χ1v) is 11.9. The van der Waals surface area contributed by atoms with E-state index in [2.05, 4.69) is 34.5 Å². The molecule has 2 amide bonds. The molecule has 6 nitrogen and oxygen atoms in total. The second kappa shape index (κ2) is 9.23. The van der Waals surface area contributed by atoms with Gasteiger partial charge in [-0.1, -0.05) is 42.4 Å². The highest BCUT2D eigenvalue weighted by atomic mass is 32.1. The fourth-order valence-electron chi connectivity index (χ4n) is 4.05. The van der Waals surface area contributed by atoms with E-state index >= 15 is 0 Å². The van der Waals surface area contributed by atoms with Crippen molar-refractivity contribution in [1.29, 1.82) is 0 Å². The molecule has 5 rings (SSSR count). The molecule has 0 radical (unpaired) electrons. The summed E-state index contributed by atoms with van der Waals surface area (Å²) in [5, 5.41) is 9.24. The quantitative estimate of drug-likeness (QED) is 0.361. The van der Waals surface area contributed by atoms with Gasteiger partial charge in [0.1, 0.15) is 5.82 Å². The Labute approximate surface area is 200 Å². The van der Waals surface area contributed by atoms with E-state index in [1.54, 1.807) is 28.4 Å². The van der Waals surface area contributed by atoms with E-state index in [0.717, 1.165) is 28.1 Å². The zero-order valence-corrected chi connectivity index (χ0v) is 19.6. The van der Waals surface area contributed by atoms with Gasteiger partial charge in [-0.05, 0) is 60.2 Å². The Balaban J connectivity index is 1.58. The topological polar surface area (TPSA) is 71.3 Å². The number of carbonyl (C=O) groups excluding carboxylic acids is 1. The molecule has 0 bridgehead atoms. The van der Waals surface area contributed by atoms with Crippen molar-refractivity contribution in [2.24, 2.45) is 0 Å². The number of benzene rings is 2. The van der Waals surface area contributed by atoms with Gasteiger partial charge in [-0.25, -0.2) is 9.18 Å². The first-order chi connectivity index (χ1) is 16.5. The number of amides is 2. The number of thiophene rings is 1. The number of urea groups is 1. The summed E-state index contributed by atoms with van der Waals surface area (Å²) in [6.45, 7) is 4.45. The van der Waals surface area contributed by atoms with Gasteiger partial charge in [0.2, 0.25) is 5.82 Å². The summed E-state index contributed by atoms with van der Waals surface area (Å²) in [6, 6.07) is 17.4. The van der Waals surface area contributed by atoms with Gasteiger partial charge in [-0.3, -0.25) is 4.90 Å². The number of rotatable bonds is 6. The summed E-state index contributed by atoms with van der Waals surface area (Å²) >= 11 is 1.60. The van der Waals surface area contributed by atoms with Gasteiger partial charge < -0.3 is 9.84 Å². The van der Waals surface area contributed by atoms with Gasteiger partial charge in [0, 0.05) is 16.1 Å². The van der Waals surface area contributed by atoms with Crippen molar-refractivity contribution in [2.75, 3.05) is 0 Å². The first kappa shape index (κ1) is 22.0. The molecule has 1 N–H and O–H groups in total. The highest BCUT2D eigenvalue weighted by molar-refractivity contribution is 7.09. The van der Waals surface area contributed by atoms with E-state index in [1.807, 2.05) is 36.6 Å². The first-order valence-electron chi connectivity index (χ1n) is 11.0. The van der Waals surface area contributed by atoms with Crippen LogP contribution in [0, 0.1) is 5.82 Å². The van der Waals surface area contributed by atoms with Gasteiger partial charge in [0.25, 0.3) is 5.89 Å². The lowest BCUT2D eigenvalue weighted by Crippen LogP contribution is -2.45. The predicted molar refractivity (Wildman–Crippen MR) is 129 cm³/mol. The Morgan fingerprint density at radius 2 is 1.88 bits per heavy atom. The fraction of sp³-hybridized carbons (Fsp3) is 0.192. The zero-order chi connectivity index (χ0) is 23.7. The standard InChI is InChI=1S/C26H23FN4O2S/c1-3-17-6-8-18(9-7-17)23-22(16(2)31(26(32)28-23)15-21-5-4-14-34-21)25-29-24(30-33-25)19-10-12-20(27)13-11-19/h4-14,23H,3,15H2,1-2H3,(H,28,32). The largest absolute Gasteiger partial charge is 0.334 e. The number of halogens is 1. The van der Waals surface area contributed by atoms with E-state index < -0.39 is 6.04 Å². The molecular weight excluding hydrogens is 451 g/mol. The molecular formula is C26H23FN4O2S. The maximum atomic E-state index is 13.4. The normalized spacial score (nSPS) is 16.1. The van der Waals surface area contributed by atoms with E-state index in [9.17, 15) is 9.18 Å². The van der Waals surface area contributed by atoms with Gasteiger partial charge in [-0.15, -0.1) is 11.3 Å². The number of nitrogens with one attached hydrogen (secondary N) is 1. The SMILES string of the molecule is CCc1ccc(C2NC(=O)N(Cc3cccs3)C(C)=C2c2nc(-c3ccc(F)cc3)no2)cc1. The average molecular weight is 475 g/mol. The lowest BCUT2D eigenvalue weighted by atomic mass is 9.93. The third-order valence-corrected chi connectivity index (χ3v) is 6.83. The summed E-state index contributed by atoms with van der Waals surface area (Å²) < 4.78 is 19.0. The molecule has 34 heavy (non-hydrogen) atoms. The average Bonchev–Trinajstić information content (AvgIpc) is 3.54. The third kappa shape index (κ3) is 4.24. The summed E-state index contributed by atoms with van der Waals surface area (Å²) in [4.78, 5) is 20.5. The minimum absolute atomic E-state index is 0.183. The van der Waals surface area contributed by atoms with E-state index in [4.69, 9.17) is 4.52 Å². The van der Waals surface area contributed by atoms with Crippen LogP contribution in [-0.2, 0) is 13.0 Å². The summed E-state index contributed by atoms with van der Waals surface area (Å²) in [7, 11) is 0. The molecule has 0 saturated carbocycles. The predicted octanol–water partition coefficient (Wildman–Crippen LogP) is 6.20. The summed E-state index contributed by atoms with van der Waals surface area (Å²) in [5.74, 6) is 0.343. The minimum Gasteiger partial charge on any atom is -0.334 e. The van der Waals surface area contributed by atoms with Crippen LogP contribution in [0.25, 0.3) is 17.0 Å². The van der Waals surface area contributed by atoms with Crippen molar-refractivity contribution in [1.82, 2.24) is 20.4 Å². The number of hydrogen-bond donors (Lipinski definition) is 1. The van der Waals surface area contributed by atoms with Gasteiger partial charge in [0.05, 0.1) is 18.2 Å². The van der Waals surface area contributed by atoms with Crippen LogP contribution in [0.3, 0.4) is 0 Å². The molecule has 0 aliphatic carbocycles. The Bertz CT molecular complexity index is 1330. The van der Waals surface area contributed by atoms with Crippen LogP contribution in [0.1, 0.15) is 41.8 Å². The van der Waals surface area contributed by atoms with E-state index in [-0.39, 0.29) is 11.8 Å². The van der Waals surface area contributed by atoms with E-state index in [1.165, 1.54) is 17.7 Å². The molecule has 0 spiro atoms. The van der Waals surface area contributed by atoms with Crippen LogP contribution in [0.15, 0.2) is 76.3 Å². The molecule has 0 fully saturated rings. The third-order valence-electron chi connectivity index (χ3n) is 5.97. The number of aromatic nitrogens is 2. The molecule has 1 aliphatic rings. The number of aryl methyl sites for hydroxylation is 1. The highest BCUT2D eigenvalue weighted by Gasteiger charge is 2.35. The fourth-order valence-corrected chi connectivity index (χ4v) is 4.74. The number of allylic oxidation sites excluding steroid dienone is 1. The van der Waals surface area contributed by atoms with E-state index in [0.29, 0.717) is 23.8 Å². The Morgan fingerprint density at radius 1 is 1.12 bits per heavy atom. The maximum Gasteiger partial charge on any atom is 0.322 e. The van der Waals surface area contributed by atoms with Crippen molar-refractivity contribution in [3.05, 3.63) is 99.5 Å². The lowest BCUT2D eigenvalue weighted by Gasteiger charge is -2.35. The highest BCUT2D eigenvalue weighted by Crippen LogP contribution is 2.38. The second-order valence-corrected chi connectivity index (χ2v) is 9.10. The van der Waals surface area contributed by atoms with Crippen LogP contribution < -0.4 is 5.32 Å². The van der Waals surface area contributed by atoms with Gasteiger partial charge in [0.15, 0.2) is 0 Å². The van der Waals surface area contributed by atoms with Crippen molar-refractivity contribution in [2.45, 2.75) is 32.9 Å². The molecule has 8 heteroatoms. The van der Waals surface area contributed by atoms with Gasteiger partial charge in [-0.2, -0.15) is 4.98 Å². The second-order valence-electron chi connectivity index (χ2n) is 8.07. The molecule has 1 atom stereocenters. The lowest BCUT2D eigenvalue weighted by molar-refractivity contribution is 0.203. The molecule has 3 heterocycles. The zero-order valence-electron chi connectivity index (χ0n) is 18.8.